The van der Waals surface area contributed by atoms with E-state index in [4.69, 9.17) is 16.3 Å². The van der Waals surface area contributed by atoms with Gasteiger partial charge >= 0.3 is 0 Å². The molecule has 0 saturated heterocycles. The van der Waals surface area contributed by atoms with E-state index in [-0.39, 0.29) is 5.75 Å². The number of aromatic nitrogens is 2. The van der Waals surface area contributed by atoms with Crippen molar-refractivity contribution in [1.29, 1.82) is 0 Å². The van der Waals surface area contributed by atoms with Gasteiger partial charge < -0.3 is 4.74 Å². The van der Waals surface area contributed by atoms with Gasteiger partial charge in [0.25, 0.3) is 0 Å². The first kappa shape index (κ1) is 16.5. The minimum Gasteiger partial charge on any atom is -0.494 e. The summed E-state index contributed by atoms with van der Waals surface area (Å²) in [7, 11) is 1.45. The third kappa shape index (κ3) is 3.00. The molecule has 0 aliphatic rings. The molecule has 0 atom stereocenters. The van der Waals surface area contributed by atoms with Gasteiger partial charge in [-0.05, 0) is 47.5 Å². The normalized spacial score (nSPS) is 10.9. The van der Waals surface area contributed by atoms with Crippen molar-refractivity contribution in [3.63, 3.8) is 0 Å². The van der Waals surface area contributed by atoms with Crippen molar-refractivity contribution in [2.75, 3.05) is 7.11 Å². The Morgan fingerprint density at radius 2 is 1.54 bits per heavy atom. The van der Waals surface area contributed by atoms with Gasteiger partial charge in [0.15, 0.2) is 11.6 Å². The number of methoxy groups -OCH3 is 1. The Balaban J connectivity index is 1.87. The molecule has 4 rings (SSSR count). The number of nitrogens with zero attached hydrogens (tertiary/aromatic N) is 2. The Bertz CT molecular complexity index is 1100. The molecule has 0 aliphatic carbocycles. The maximum atomic E-state index is 14.1. The lowest BCUT2D eigenvalue weighted by Gasteiger charge is -2.09. The summed E-state index contributed by atoms with van der Waals surface area (Å²) in [4.78, 5) is 8.77. The molecule has 3 aromatic carbocycles. The Hall–Kier alpha value is -2.98. The summed E-state index contributed by atoms with van der Waals surface area (Å²) >= 11 is 5.98. The predicted octanol–water partition coefficient (Wildman–Crippen LogP) is 5.76. The first-order chi connectivity index (χ1) is 12.7. The quantitative estimate of drug-likeness (QED) is 0.463. The van der Waals surface area contributed by atoms with Crippen molar-refractivity contribution in [1.82, 2.24) is 9.97 Å². The van der Waals surface area contributed by atoms with Crippen molar-refractivity contribution < 1.29 is 9.13 Å². The van der Waals surface area contributed by atoms with Gasteiger partial charge in [0.1, 0.15) is 6.33 Å². The lowest BCUT2D eigenvalue weighted by atomic mass is 10.00. The fraction of sp³-hybridized carbons (Fsp3) is 0.0476. The molecule has 26 heavy (non-hydrogen) atoms. The predicted molar refractivity (Wildman–Crippen MR) is 102 cm³/mol. The molecule has 0 fully saturated rings. The molecule has 0 aliphatic heterocycles. The zero-order chi connectivity index (χ0) is 18.1. The van der Waals surface area contributed by atoms with Crippen LogP contribution in [0.2, 0.25) is 5.02 Å². The van der Waals surface area contributed by atoms with Crippen molar-refractivity contribution >= 4 is 22.5 Å². The lowest BCUT2D eigenvalue weighted by molar-refractivity contribution is 0.386. The molecule has 0 saturated carbocycles. The average Bonchev–Trinajstić information content (AvgIpc) is 2.68. The molecule has 4 aromatic rings. The fourth-order valence-electron chi connectivity index (χ4n) is 2.92. The maximum absolute atomic E-state index is 14.1. The molecule has 0 bridgehead atoms. The molecular weight excluding hydrogens is 351 g/mol. The summed E-state index contributed by atoms with van der Waals surface area (Å²) in [6, 6.07) is 18.2. The first-order valence-corrected chi connectivity index (χ1v) is 8.38. The molecule has 0 amide bonds. The second-order valence-corrected chi connectivity index (χ2v) is 6.25. The van der Waals surface area contributed by atoms with Gasteiger partial charge in [-0.15, -0.1) is 0 Å². The summed E-state index contributed by atoms with van der Waals surface area (Å²) < 4.78 is 19.1. The van der Waals surface area contributed by atoms with Crippen molar-refractivity contribution in [3.8, 4) is 28.1 Å². The van der Waals surface area contributed by atoms with E-state index < -0.39 is 5.82 Å². The fourth-order valence-corrected chi connectivity index (χ4v) is 3.05. The monoisotopic (exact) mass is 364 g/mol. The number of benzene rings is 3. The van der Waals surface area contributed by atoms with Crippen LogP contribution >= 0.6 is 11.6 Å². The van der Waals surface area contributed by atoms with E-state index in [1.54, 1.807) is 12.4 Å². The van der Waals surface area contributed by atoms with Crippen LogP contribution in [0.3, 0.4) is 0 Å². The van der Waals surface area contributed by atoms with Crippen LogP contribution in [-0.2, 0) is 0 Å². The van der Waals surface area contributed by atoms with Crippen LogP contribution in [-0.4, -0.2) is 17.1 Å². The van der Waals surface area contributed by atoms with Gasteiger partial charge in [0, 0.05) is 16.0 Å². The van der Waals surface area contributed by atoms with Crippen LogP contribution in [0.25, 0.3) is 33.3 Å². The molecule has 0 spiro atoms. The minimum absolute atomic E-state index is 0.222. The van der Waals surface area contributed by atoms with Crippen LogP contribution in [0.5, 0.6) is 5.75 Å². The van der Waals surface area contributed by atoms with Crippen molar-refractivity contribution in [2.45, 2.75) is 0 Å². The second kappa shape index (κ2) is 6.73. The summed E-state index contributed by atoms with van der Waals surface area (Å²) in [6.07, 6.45) is 1.54. The molecule has 1 heterocycles. The number of hydrogen-bond acceptors (Lipinski definition) is 3. The van der Waals surface area contributed by atoms with Crippen molar-refractivity contribution in [2.24, 2.45) is 0 Å². The molecular formula is C21H14ClFN2O. The van der Waals surface area contributed by atoms with Gasteiger partial charge in [0.2, 0.25) is 0 Å². The van der Waals surface area contributed by atoms with Gasteiger partial charge in [0.05, 0.1) is 18.3 Å². The second-order valence-electron chi connectivity index (χ2n) is 5.81. The highest BCUT2D eigenvalue weighted by Crippen LogP contribution is 2.31. The summed E-state index contributed by atoms with van der Waals surface area (Å²) in [6.45, 7) is 0. The van der Waals surface area contributed by atoms with E-state index >= 15 is 0 Å². The minimum atomic E-state index is -0.396. The number of ether oxygens (including phenoxy) is 1. The molecule has 0 unspecified atom stereocenters. The summed E-state index contributed by atoms with van der Waals surface area (Å²) in [5.74, 6) is -0.174. The van der Waals surface area contributed by atoms with E-state index in [0.717, 1.165) is 33.3 Å². The first-order valence-electron chi connectivity index (χ1n) is 8.00. The number of rotatable bonds is 3. The Labute approximate surface area is 155 Å². The third-order valence-corrected chi connectivity index (χ3v) is 4.49. The largest absolute Gasteiger partial charge is 0.494 e. The molecule has 3 nitrogen and oxygen atoms in total. The molecule has 0 radical (unpaired) electrons. The topological polar surface area (TPSA) is 35.0 Å². The van der Waals surface area contributed by atoms with Crippen LogP contribution in [0, 0.1) is 5.82 Å². The van der Waals surface area contributed by atoms with Crippen LogP contribution in [0.15, 0.2) is 67.0 Å². The van der Waals surface area contributed by atoms with Crippen LogP contribution < -0.4 is 4.74 Å². The van der Waals surface area contributed by atoms with E-state index in [0.29, 0.717) is 5.02 Å². The highest BCUT2D eigenvalue weighted by molar-refractivity contribution is 6.30. The highest BCUT2D eigenvalue weighted by atomic mass is 35.5. The van der Waals surface area contributed by atoms with E-state index in [2.05, 4.69) is 9.97 Å². The maximum Gasteiger partial charge on any atom is 0.165 e. The number of hydrogen-bond donors (Lipinski definition) is 0. The SMILES string of the molecule is COc1ccc(-c2ccc3ncnc(-c4ccc(Cl)cc4)c3c2)cc1F. The zero-order valence-electron chi connectivity index (χ0n) is 13.9. The van der Waals surface area contributed by atoms with Crippen LogP contribution in [0.4, 0.5) is 4.39 Å². The highest BCUT2D eigenvalue weighted by Gasteiger charge is 2.10. The molecule has 128 valence electrons. The van der Waals surface area contributed by atoms with Crippen molar-refractivity contribution in [3.05, 3.63) is 77.8 Å². The summed E-state index contributed by atoms with van der Waals surface area (Å²) in [5, 5.41) is 1.56. The number of halogens is 2. The standard InChI is InChI=1S/C21H14ClFN2O/c1-26-20-9-5-15(11-18(20)23)14-4-8-19-17(10-14)21(25-12-24-19)13-2-6-16(22)7-3-13/h2-12H,1H3. The Kier molecular flexibility index (Phi) is 4.27. The van der Waals surface area contributed by atoms with Gasteiger partial charge in [-0.3, -0.25) is 0 Å². The molecule has 5 heteroatoms. The smallest absolute Gasteiger partial charge is 0.165 e. The molecule has 1 aromatic heterocycles. The van der Waals surface area contributed by atoms with E-state index in [1.807, 2.05) is 48.5 Å². The van der Waals surface area contributed by atoms with E-state index in [9.17, 15) is 4.39 Å². The van der Waals surface area contributed by atoms with Gasteiger partial charge in [-0.1, -0.05) is 35.9 Å². The Morgan fingerprint density at radius 3 is 2.27 bits per heavy atom. The van der Waals surface area contributed by atoms with E-state index in [1.165, 1.54) is 13.2 Å². The number of fused-ring (bicyclic) bond motifs is 1. The average molecular weight is 365 g/mol. The summed E-state index contributed by atoms with van der Waals surface area (Å²) in [5.41, 5.74) is 4.21. The van der Waals surface area contributed by atoms with Crippen LogP contribution in [0.1, 0.15) is 0 Å². The molecule has 0 N–H and O–H groups in total. The Morgan fingerprint density at radius 1 is 0.846 bits per heavy atom. The van der Waals surface area contributed by atoms with Gasteiger partial charge in [-0.25, -0.2) is 14.4 Å². The van der Waals surface area contributed by atoms with Gasteiger partial charge in [-0.2, -0.15) is 0 Å². The lowest BCUT2D eigenvalue weighted by Crippen LogP contribution is -1.91. The zero-order valence-corrected chi connectivity index (χ0v) is 14.7. The third-order valence-electron chi connectivity index (χ3n) is 4.24.